The molecule has 3 heteroatoms. The van der Waals surface area contributed by atoms with Crippen molar-refractivity contribution in [2.75, 3.05) is 19.6 Å². The molecule has 0 radical (unpaired) electrons. The summed E-state index contributed by atoms with van der Waals surface area (Å²) in [7, 11) is 0. The van der Waals surface area contributed by atoms with Gasteiger partial charge >= 0.3 is 0 Å². The lowest BCUT2D eigenvalue weighted by atomic mass is 10.0. The van der Waals surface area contributed by atoms with E-state index in [1.165, 1.54) is 17.7 Å². The largest absolute Gasteiger partial charge is 0.314 e. The first-order valence-electron chi connectivity index (χ1n) is 7.02. The fraction of sp³-hybridized carbons (Fsp3) is 0.667. The number of pyridine rings is 1. The van der Waals surface area contributed by atoms with E-state index in [1.807, 2.05) is 12.3 Å². The lowest BCUT2D eigenvalue weighted by Gasteiger charge is -2.37. The van der Waals surface area contributed by atoms with Crippen LogP contribution in [-0.2, 0) is 6.54 Å². The van der Waals surface area contributed by atoms with Crippen LogP contribution in [0.25, 0.3) is 0 Å². The van der Waals surface area contributed by atoms with Crippen LogP contribution in [0.1, 0.15) is 31.5 Å². The van der Waals surface area contributed by atoms with Crippen molar-refractivity contribution in [2.45, 2.75) is 39.8 Å². The Morgan fingerprint density at radius 2 is 2.33 bits per heavy atom. The van der Waals surface area contributed by atoms with E-state index in [0.29, 0.717) is 6.04 Å². The lowest BCUT2D eigenvalue weighted by molar-refractivity contribution is 0.132. The lowest BCUT2D eigenvalue weighted by Crippen LogP contribution is -2.51. The van der Waals surface area contributed by atoms with Crippen LogP contribution in [-0.4, -0.2) is 35.6 Å². The molecule has 1 fully saturated rings. The van der Waals surface area contributed by atoms with Crippen LogP contribution >= 0.6 is 0 Å². The molecule has 0 amide bonds. The second-order valence-electron chi connectivity index (χ2n) is 5.72. The molecule has 2 heterocycles. The quantitative estimate of drug-likeness (QED) is 0.884. The van der Waals surface area contributed by atoms with Crippen LogP contribution in [0.2, 0.25) is 0 Å². The number of nitrogens with zero attached hydrogens (tertiary/aromatic N) is 2. The first kappa shape index (κ1) is 13.5. The molecule has 1 N–H and O–H groups in total. The third-order valence-electron chi connectivity index (χ3n) is 3.69. The molecule has 1 aromatic heterocycles. The van der Waals surface area contributed by atoms with Crippen molar-refractivity contribution in [3.63, 3.8) is 0 Å². The van der Waals surface area contributed by atoms with Crippen LogP contribution in [0.5, 0.6) is 0 Å². The Balaban J connectivity index is 2.03. The van der Waals surface area contributed by atoms with E-state index in [0.717, 1.165) is 32.1 Å². The van der Waals surface area contributed by atoms with Gasteiger partial charge in [0.2, 0.25) is 0 Å². The summed E-state index contributed by atoms with van der Waals surface area (Å²) in [5.74, 6) is 0.752. The second-order valence-corrected chi connectivity index (χ2v) is 5.72. The number of rotatable bonds is 4. The SMILES string of the molecule is Cc1cccnc1CN1CCNCC1CC(C)C. The second kappa shape index (κ2) is 6.30. The maximum absolute atomic E-state index is 4.52. The zero-order valence-electron chi connectivity index (χ0n) is 11.8. The molecule has 0 saturated carbocycles. The van der Waals surface area contributed by atoms with Crippen LogP contribution < -0.4 is 5.32 Å². The molecule has 0 aliphatic carbocycles. The maximum atomic E-state index is 4.52. The van der Waals surface area contributed by atoms with Crippen LogP contribution in [0.3, 0.4) is 0 Å². The summed E-state index contributed by atoms with van der Waals surface area (Å²) in [6.45, 7) is 11.1. The van der Waals surface area contributed by atoms with Crippen molar-refractivity contribution >= 4 is 0 Å². The highest BCUT2D eigenvalue weighted by Gasteiger charge is 2.23. The zero-order valence-corrected chi connectivity index (χ0v) is 11.8. The molecule has 1 aliphatic heterocycles. The standard InChI is InChI=1S/C15H25N3/c1-12(2)9-14-10-16-7-8-18(14)11-15-13(3)5-4-6-17-15/h4-6,12,14,16H,7-11H2,1-3H3. The molecule has 0 spiro atoms. The minimum Gasteiger partial charge on any atom is -0.314 e. The summed E-state index contributed by atoms with van der Waals surface area (Å²) >= 11 is 0. The summed E-state index contributed by atoms with van der Waals surface area (Å²) in [6.07, 6.45) is 3.17. The molecule has 100 valence electrons. The van der Waals surface area contributed by atoms with E-state index in [1.54, 1.807) is 0 Å². The molecule has 1 aliphatic rings. The van der Waals surface area contributed by atoms with Gasteiger partial charge in [-0.1, -0.05) is 19.9 Å². The number of hydrogen-bond donors (Lipinski definition) is 1. The van der Waals surface area contributed by atoms with Gasteiger partial charge in [-0.3, -0.25) is 9.88 Å². The monoisotopic (exact) mass is 247 g/mol. The van der Waals surface area contributed by atoms with Gasteiger partial charge < -0.3 is 5.32 Å². The van der Waals surface area contributed by atoms with E-state index in [9.17, 15) is 0 Å². The van der Waals surface area contributed by atoms with Gasteiger partial charge in [0.15, 0.2) is 0 Å². The van der Waals surface area contributed by atoms with E-state index in [4.69, 9.17) is 0 Å². The van der Waals surface area contributed by atoms with Gasteiger partial charge in [0.05, 0.1) is 5.69 Å². The smallest absolute Gasteiger partial charge is 0.0573 e. The normalized spacial score (nSPS) is 21.4. The first-order chi connectivity index (χ1) is 8.66. The number of nitrogens with one attached hydrogen (secondary N) is 1. The first-order valence-corrected chi connectivity index (χ1v) is 7.02. The highest BCUT2D eigenvalue weighted by molar-refractivity contribution is 5.17. The summed E-state index contributed by atoms with van der Waals surface area (Å²) in [4.78, 5) is 7.11. The Morgan fingerprint density at radius 1 is 1.50 bits per heavy atom. The Bertz CT molecular complexity index is 376. The third kappa shape index (κ3) is 3.53. The van der Waals surface area contributed by atoms with Crippen molar-refractivity contribution in [2.24, 2.45) is 5.92 Å². The molecule has 1 aromatic rings. The predicted molar refractivity (Wildman–Crippen MR) is 75.5 cm³/mol. The van der Waals surface area contributed by atoms with Gasteiger partial charge in [-0.05, 0) is 30.9 Å². The van der Waals surface area contributed by atoms with Gasteiger partial charge in [0, 0.05) is 38.4 Å². The minimum atomic E-state index is 0.653. The van der Waals surface area contributed by atoms with Gasteiger partial charge in [-0.15, -0.1) is 0 Å². The zero-order chi connectivity index (χ0) is 13.0. The molecular formula is C15H25N3. The molecular weight excluding hydrogens is 222 g/mol. The van der Waals surface area contributed by atoms with Gasteiger partial charge in [-0.2, -0.15) is 0 Å². The summed E-state index contributed by atoms with van der Waals surface area (Å²) in [6, 6.07) is 4.82. The topological polar surface area (TPSA) is 28.2 Å². The van der Waals surface area contributed by atoms with E-state index in [-0.39, 0.29) is 0 Å². The number of piperazine rings is 1. The Kier molecular flexibility index (Phi) is 4.72. The van der Waals surface area contributed by atoms with E-state index in [2.05, 4.69) is 42.0 Å². The van der Waals surface area contributed by atoms with E-state index >= 15 is 0 Å². The molecule has 1 unspecified atom stereocenters. The molecule has 1 saturated heterocycles. The van der Waals surface area contributed by atoms with Crippen LogP contribution in [0, 0.1) is 12.8 Å². The predicted octanol–water partition coefficient (Wildman–Crippen LogP) is 2.21. The molecule has 3 nitrogen and oxygen atoms in total. The third-order valence-corrected chi connectivity index (χ3v) is 3.69. The van der Waals surface area contributed by atoms with Crippen molar-refractivity contribution in [1.82, 2.24) is 15.2 Å². The summed E-state index contributed by atoms with van der Waals surface area (Å²) < 4.78 is 0. The number of aryl methyl sites for hydroxylation is 1. The van der Waals surface area contributed by atoms with Gasteiger partial charge in [0.1, 0.15) is 0 Å². The van der Waals surface area contributed by atoms with Gasteiger partial charge in [0.25, 0.3) is 0 Å². The maximum Gasteiger partial charge on any atom is 0.0573 e. The molecule has 0 aromatic carbocycles. The Labute approximate surface area is 111 Å². The Hall–Kier alpha value is -0.930. The van der Waals surface area contributed by atoms with Crippen LogP contribution in [0.15, 0.2) is 18.3 Å². The van der Waals surface area contributed by atoms with Crippen molar-refractivity contribution < 1.29 is 0 Å². The average molecular weight is 247 g/mol. The Morgan fingerprint density at radius 3 is 3.06 bits per heavy atom. The molecule has 2 rings (SSSR count). The van der Waals surface area contributed by atoms with Crippen molar-refractivity contribution in [3.05, 3.63) is 29.6 Å². The number of aromatic nitrogens is 1. The molecule has 0 bridgehead atoms. The highest BCUT2D eigenvalue weighted by Crippen LogP contribution is 2.17. The number of hydrogen-bond acceptors (Lipinski definition) is 3. The highest BCUT2D eigenvalue weighted by atomic mass is 15.2. The summed E-state index contributed by atoms with van der Waals surface area (Å²) in [5, 5.41) is 3.51. The van der Waals surface area contributed by atoms with Crippen molar-refractivity contribution in [1.29, 1.82) is 0 Å². The summed E-state index contributed by atoms with van der Waals surface area (Å²) in [5.41, 5.74) is 2.53. The van der Waals surface area contributed by atoms with Crippen LogP contribution in [0.4, 0.5) is 0 Å². The van der Waals surface area contributed by atoms with Gasteiger partial charge in [-0.25, -0.2) is 0 Å². The fourth-order valence-corrected chi connectivity index (χ4v) is 2.66. The minimum absolute atomic E-state index is 0.653. The van der Waals surface area contributed by atoms with Crippen molar-refractivity contribution in [3.8, 4) is 0 Å². The molecule has 1 atom stereocenters. The van der Waals surface area contributed by atoms with E-state index < -0.39 is 0 Å². The molecule has 18 heavy (non-hydrogen) atoms. The fourth-order valence-electron chi connectivity index (χ4n) is 2.66. The average Bonchev–Trinajstić information content (AvgIpc) is 2.34.